The molecule has 0 aromatic rings. The maximum absolute atomic E-state index is 13.2. The number of carbonyl (C=O) groups is 1. The Morgan fingerprint density at radius 3 is 2.00 bits per heavy atom. The highest BCUT2D eigenvalue weighted by atomic mass is 19.1. The number of hydrogen-bond acceptors (Lipinski definition) is 2. The molecule has 0 aliphatic carbocycles. The molecule has 3 nitrogen and oxygen atoms in total. The van der Waals surface area contributed by atoms with Gasteiger partial charge >= 0.3 is 5.97 Å². The van der Waals surface area contributed by atoms with Crippen molar-refractivity contribution >= 4 is 5.97 Å². The molecule has 2 N–H and O–H groups in total. The van der Waals surface area contributed by atoms with Crippen LogP contribution in [0.3, 0.4) is 0 Å². The molecular formula is C8H15FO3. The van der Waals surface area contributed by atoms with Crippen molar-refractivity contribution in [1.29, 1.82) is 0 Å². The first-order valence-corrected chi connectivity index (χ1v) is 3.92. The van der Waals surface area contributed by atoms with E-state index in [4.69, 9.17) is 10.2 Å². The second-order valence-corrected chi connectivity index (χ2v) is 3.17. The van der Waals surface area contributed by atoms with E-state index in [1.807, 2.05) is 0 Å². The topological polar surface area (TPSA) is 57.5 Å². The van der Waals surface area contributed by atoms with Gasteiger partial charge in [-0.1, -0.05) is 6.92 Å². The normalized spacial score (nSPS) is 21.1. The zero-order valence-electron chi connectivity index (χ0n) is 7.49. The largest absolute Gasteiger partial charge is 0.481 e. The van der Waals surface area contributed by atoms with Crippen LogP contribution in [0.25, 0.3) is 0 Å². The highest BCUT2D eigenvalue weighted by Gasteiger charge is 2.30. The smallest absolute Gasteiger partial charge is 0.309 e. The van der Waals surface area contributed by atoms with Gasteiger partial charge in [0.05, 0.1) is 12.0 Å². The number of aliphatic carboxylic acids is 1. The summed E-state index contributed by atoms with van der Waals surface area (Å²) in [5.41, 5.74) is 0. The van der Waals surface area contributed by atoms with Crippen molar-refractivity contribution in [3.63, 3.8) is 0 Å². The number of carboxylic acid groups (broad SMARTS) is 1. The molecule has 0 saturated carbocycles. The molecule has 72 valence electrons. The summed E-state index contributed by atoms with van der Waals surface area (Å²) in [6.45, 7) is 4.24. The molecule has 4 atom stereocenters. The molecule has 4 heteroatoms. The van der Waals surface area contributed by atoms with Gasteiger partial charge in [-0.25, -0.2) is 4.39 Å². The van der Waals surface area contributed by atoms with Crippen LogP contribution in [-0.4, -0.2) is 28.5 Å². The molecule has 0 bridgehead atoms. The lowest BCUT2D eigenvalue weighted by Gasteiger charge is -2.21. The minimum atomic E-state index is -1.50. The highest BCUT2D eigenvalue weighted by Crippen LogP contribution is 2.20. The zero-order valence-corrected chi connectivity index (χ0v) is 7.49. The Bertz CT molecular complexity index is 158. The van der Waals surface area contributed by atoms with E-state index < -0.39 is 30.1 Å². The van der Waals surface area contributed by atoms with E-state index in [0.717, 1.165) is 0 Å². The van der Waals surface area contributed by atoms with Crippen LogP contribution in [0.4, 0.5) is 4.39 Å². The summed E-state index contributed by atoms with van der Waals surface area (Å²) in [4.78, 5) is 10.3. The van der Waals surface area contributed by atoms with E-state index in [1.165, 1.54) is 20.8 Å². The van der Waals surface area contributed by atoms with E-state index in [1.54, 1.807) is 0 Å². The van der Waals surface area contributed by atoms with E-state index in [9.17, 15) is 9.18 Å². The molecule has 0 rings (SSSR count). The maximum atomic E-state index is 13.2. The number of aliphatic hydroxyl groups excluding tert-OH is 1. The fourth-order valence-electron chi connectivity index (χ4n) is 0.858. The molecule has 12 heavy (non-hydrogen) atoms. The Labute approximate surface area is 71.2 Å². The minimum absolute atomic E-state index is 0.643. The van der Waals surface area contributed by atoms with Gasteiger partial charge in [0.15, 0.2) is 0 Å². The van der Waals surface area contributed by atoms with Crippen LogP contribution in [-0.2, 0) is 4.79 Å². The Balaban J connectivity index is 4.18. The van der Waals surface area contributed by atoms with Gasteiger partial charge in [0.1, 0.15) is 6.17 Å². The summed E-state index contributed by atoms with van der Waals surface area (Å²) in [5.74, 6) is -2.87. The summed E-state index contributed by atoms with van der Waals surface area (Å²) >= 11 is 0. The first-order valence-electron chi connectivity index (χ1n) is 3.92. The first kappa shape index (κ1) is 11.4. The fourth-order valence-corrected chi connectivity index (χ4v) is 0.858. The Morgan fingerprint density at radius 2 is 1.75 bits per heavy atom. The molecule has 0 aliphatic rings. The molecule has 0 fully saturated rings. The summed E-state index contributed by atoms with van der Waals surface area (Å²) in [6.07, 6.45) is -2.32. The molecule has 0 aliphatic heterocycles. The van der Waals surface area contributed by atoms with Gasteiger partial charge in [-0.2, -0.15) is 0 Å². The zero-order chi connectivity index (χ0) is 9.89. The van der Waals surface area contributed by atoms with Gasteiger partial charge < -0.3 is 10.2 Å². The summed E-state index contributed by atoms with van der Waals surface area (Å²) in [6, 6.07) is 0. The molecule has 0 spiro atoms. The van der Waals surface area contributed by atoms with Crippen molar-refractivity contribution in [1.82, 2.24) is 0 Å². The lowest BCUT2D eigenvalue weighted by atomic mass is 9.91. The van der Waals surface area contributed by atoms with Crippen molar-refractivity contribution in [2.75, 3.05) is 0 Å². The van der Waals surface area contributed by atoms with Gasteiger partial charge in [0.25, 0.3) is 0 Å². The first-order chi connectivity index (χ1) is 5.37. The fraction of sp³-hybridized carbons (Fsp3) is 0.875. The molecule has 0 unspecified atom stereocenters. The second kappa shape index (κ2) is 4.40. The van der Waals surface area contributed by atoms with Gasteiger partial charge in [-0.3, -0.25) is 4.79 Å². The molecule has 0 aromatic carbocycles. The number of halogens is 1. The highest BCUT2D eigenvalue weighted by molar-refractivity contribution is 5.70. The van der Waals surface area contributed by atoms with E-state index in [-0.39, 0.29) is 0 Å². The van der Waals surface area contributed by atoms with Gasteiger partial charge in [0, 0.05) is 5.92 Å². The van der Waals surface area contributed by atoms with Crippen LogP contribution in [0.15, 0.2) is 0 Å². The van der Waals surface area contributed by atoms with Gasteiger partial charge in [-0.15, -0.1) is 0 Å². The van der Waals surface area contributed by atoms with E-state index in [2.05, 4.69) is 0 Å². The van der Waals surface area contributed by atoms with Crippen LogP contribution >= 0.6 is 0 Å². The van der Waals surface area contributed by atoms with Crippen LogP contribution in [0, 0.1) is 11.8 Å². The molecule has 0 radical (unpaired) electrons. The summed E-state index contributed by atoms with van der Waals surface area (Å²) < 4.78 is 13.2. The molecule has 0 heterocycles. The third-order valence-electron chi connectivity index (χ3n) is 2.13. The predicted octanol–water partition coefficient (Wildman–Crippen LogP) is 1.06. The number of hydrogen-bond donors (Lipinski definition) is 2. The van der Waals surface area contributed by atoms with E-state index >= 15 is 0 Å². The SMILES string of the molecule is C[C@H]([C@@H](F)[C@H](C)C(=O)O)[C@@H](C)O. The number of aliphatic hydroxyl groups is 1. The van der Waals surface area contributed by atoms with Crippen molar-refractivity contribution in [3.05, 3.63) is 0 Å². The Kier molecular flexibility index (Phi) is 4.17. The Morgan fingerprint density at radius 1 is 1.33 bits per heavy atom. The van der Waals surface area contributed by atoms with Crippen molar-refractivity contribution in [2.45, 2.75) is 33.0 Å². The molecule has 0 saturated heterocycles. The van der Waals surface area contributed by atoms with Crippen LogP contribution in [0.1, 0.15) is 20.8 Å². The summed E-state index contributed by atoms with van der Waals surface area (Å²) in [7, 11) is 0. The Hall–Kier alpha value is -0.640. The molecule has 0 aromatic heterocycles. The standard InChI is InChI=1S/C8H15FO3/c1-4(6(3)10)7(9)5(2)8(11)12/h4-7,10H,1-3H3,(H,11,12)/t4-,5-,6+,7+/m0/s1. The predicted molar refractivity (Wildman–Crippen MR) is 42.5 cm³/mol. The lowest BCUT2D eigenvalue weighted by molar-refractivity contribution is -0.144. The van der Waals surface area contributed by atoms with Crippen LogP contribution in [0.5, 0.6) is 0 Å². The quantitative estimate of drug-likeness (QED) is 0.676. The minimum Gasteiger partial charge on any atom is -0.481 e. The number of rotatable bonds is 4. The van der Waals surface area contributed by atoms with Crippen LogP contribution in [0.2, 0.25) is 0 Å². The maximum Gasteiger partial charge on any atom is 0.309 e. The van der Waals surface area contributed by atoms with Crippen molar-refractivity contribution < 1.29 is 19.4 Å². The monoisotopic (exact) mass is 178 g/mol. The van der Waals surface area contributed by atoms with Crippen molar-refractivity contribution in [2.24, 2.45) is 11.8 Å². The number of carboxylic acids is 1. The molecular weight excluding hydrogens is 163 g/mol. The van der Waals surface area contributed by atoms with Gasteiger partial charge in [-0.05, 0) is 13.8 Å². The summed E-state index contributed by atoms with van der Waals surface area (Å²) in [5, 5.41) is 17.5. The van der Waals surface area contributed by atoms with Crippen molar-refractivity contribution in [3.8, 4) is 0 Å². The van der Waals surface area contributed by atoms with Gasteiger partial charge in [0.2, 0.25) is 0 Å². The second-order valence-electron chi connectivity index (χ2n) is 3.17. The van der Waals surface area contributed by atoms with E-state index in [0.29, 0.717) is 0 Å². The third-order valence-corrected chi connectivity index (χ3v) is 2.13. The molecule has 0 amide bonds. The average molecular weight is 178 g/mol. The average Bonchev–Trinajstić information content (AvgIpc) is 2.00. The third kappa shape index (κ3) is 2.77. The van der Waals surface area contributed by atoms with Crippen LogP contribution < -0.4 is 0 Å². The number of alkyl halides is 1. The lowest BCUT2D eigenvalue weighted by Crippen LogP contribution is -2.33.